The van der Waals surface area contributed by atoms with Gasteiger partial charge in [-0.15, -0.1) is 5.10 Å². The Kier molecular flexibility index (Phi) is 5.07. The molecular formula is C25H19FN4O2. The lowest BCUT2D eigenvalue weighted by Crippen LogP contribution is -2.29. The average Bonchev–Trinajstić information content (AvgIpc) is 3.21. The molecule has 1 aliphatic rings. The number of Topliss-reactive ketones (excluding diaryl/α,β-unsaturated/α-hetero) is 1. The first kappa shape index (κ1) is 19.8. The normalized spacial score (nSPS) is 15.6. The number of nitrogens with one attached hydrogen (secondary N) is 1. The molecule has 158 valence electrons. The van der Waals surface area contributed by atoms with Crippen LogP contribution in [0.1, 0.15) is 22.3 Å². The minimum absolute atomic E-state index is 0.0708. The average molecular weight is 426 g/mol. The van der Waals surface area contributed by atoms with E-state index in [9.17, 15) is 9.18 Å². The minimum Gasteiger partial charge on any atom is -0.403 e. The van der Waals surface area contributed by atoms with Gasteiger partial charge >= 0.3 is 6.01 Å². The number of aryl methyl sites for hydroxylation is 1. The Hall–Kier alpha value is -4.13. The van der Waals surface area contributed by atoms with Gasteiger partial charge in [-0.2, -0.15) is 0 Å². The van der Waals surface area contributed by atoms with Crippen LogP contribution in [0.3, 0.4) is 0 Å². The maximum Gasteiger partial charge on any atom is 0.317 e. The predicted octanol–water partition coefficient (Wildman–Crippen LogP) is 4.58. The molecule has 4 aromatic rings. The smallest absolute Gasteiger partial charge is 0.317 e. The molecule has 0 aliphatic carbocycles. The molecule has 0 fully saturated rings. The van der Waals surface area contributed by atoms with Crippen molar-refractivity contribution >= 4 is 17.5 Å². The summed E-state index contributed by atoms with van der Waals surface area (Å²) in [7, 11) is 0. The molecule has 1 aromatic heterocycles. The van der Waals surface area contributed by atoms with E-state index in [4.69, 9.17) is 9.41 Å². The quantitative estimate of drug-likeness (QED) is 0.517. The number of hydrogen-bond acceptors (Lipinski definition) is 6. The zero-order valence-electron chi connectivity index (χ0n) is 17.2. The van der Waals surface area contributed by atoms with E-state index in [0.717, 1.165) is 28.0 Å². The summed E-state index contributed by atoms with van der Waals surface area (Å²) in [6, 6.07) is 21.5. The first-order valence-electron chi connectivity index (χ1n) is 10.2. The van der Waals surface area contributed by atoms with Gasteiger partial charge < -0.3 is 9.73 Å². The minimum atomic E-state index is -0.890. The molecule has 0 spiro atoms. The van der Waals surface area contributed by atoms with Crippen molar-refractivity contribution in [2.24, 2.45) is 4.99 Å². The molecule has 1 atom stereocenters. The lowest BCUT2D eigenvalue weighted by molar-refractivity contribution is -0.119. The lowest BCUT2D eigenvalue weighted by atomic mass is 9.94. The van der Waals surface area contributed by atoms with Crippen LogP contribution in [0.15, 0.2) is 82.2 Å². The molecular weight excluding hydrogens is 407 g/mol. The number of anilines is 1. The number of carbonyl (C=O) groups excluding carboxylic acids is 1. The molecule has 0 saturated heterocycles. The maximum absolute atomic E-state index is 13.2. The topological polar surface area (TPSA) is 80.4 Å². The lowest BCUT2D eigenvalue weighted by Gasteiger charge is -2.13. The van der Waals surface area contributed by atoms with E-state index in [1.165, 1.54) is 12.1 Å². The van der Waals surface area contributed by atoms with Crippen molar-refractivity contribution in [2.45, 2.75) is 19.5 Å². The Balaban J connectivity index is 1.52. The highest BCUT2D eigenvalue weighted by Gasteiger charge is 2.27. The first-order chi connectivity index (χ1) is 15.6. The summed E-state index contributed by atoms with van der Waals surface area (Å²) in [6.07, 6.45) is -0.662. The molecule has 0 bridgehead atoms. The Morgan fingerprint density at radius 3 is 2.44 bits per heavy atom. The van der Waals surface area contributed by atoms with E-state index in [0.29, 0.717) is 5.56 Å². The molecule has 32 heavy (non-hydrogen) atoms. The third-order valence-corrected chi connectivity index (χ3v) is 5.38. The van der Waals surface area contributed by atoms with Crippen LogP contribution in [-0.2, 0) is 11.2 Å². The zero-order chi connectivity index (χ0) is 22.1. The van der Waals surface area contributed by atoms with Crippen molar-refractivity contribution in [2.75, 3.05) is 5.32 Å². The van der Waals surface area contributed by atoms with Crippen LogP contribution < -0.4 is 5.32 Å². The fourth-order valence-corrected chi connectivity index (χ4v) is 3.73. The third-order valence-electron chi connectivity index (χ3n) is 5.38. The van der Waals surface area contributed by atoms with Gasteiger partial charge in [0.25, 0.3) is 0 Å². The monoisotopic (exact) mass is 426 g/mol. The molecule has 0 saturated carbocycles. The van der Waals surface area contributed by atoms with Crippen molar-refractivity contribution in [1.82, 2.24) is 10.2 Å². The van der Waals surface area contributed by atoms with Gasteiger partial charge in [0.1, 0.15) is 5.82 Å². The van der Waals surface area contributed by atoms with Crippen LogP contribution in [0, 0.1) is 12.7 Å². The highest BCUT2D eigenvalue weighted by atomic mass is 19.1. The first-order valence-corrected chi connectivity index (χ1v) is 10.2. The Morgan fingerprint density at radius 2 is 1.66 bits per heavy atom. The van der Waals surface area contributed by atoms with Crippen molar-refractivity contribution in [3.63, 3.8) is 0 Å². The summed E-state index contributed by atoms with van der Waals surface area (Å²) in [5.41, 5.74) is 5.18. The number of halogens is 1. The van der Waals surface area contributed by atoms with Crippen LogP contribution in [0.4, 0.5) is 10.4 Å². The molecule has 1 N–H and O–H groups in total. The molecule has 6 nitrogen and oxygen atoms in total. The van der Waals surface area contributed by atoms with Crippen LogP contribution in [0.25, 0.3) is 11.5 Å². The molecule has 1 unspecified atom stereocenters. The predicted molar refractivity (Wildman–Crippen MR) is 119 cm³/mol. The Morgan fingerprint density at radius 1 is 0.938 bits per heavy atom. The molecule has 3 aromatic carbocycles. The second-order valence-corrected chi connectivity index (χ2v) is 7.56. The molecule has 7 heteroatoms. The molecule has 0 radical (unpaired) electrons. The summed E-state index contributed by atoms with van der Waals surface area (Å²) in [5, 5.41) is 11.0. The Labute approximate surface area is 183 Å². The number of hydrogen-bond donors (Lipinski definition) is 1. The summed E-state index contributed by atoms with van der Waals surface area (Å²) in [5.74, 6) is -0.240. The van der Waals surface area contributed by atoms with E-state index in [2.05, 4.69) is 15.5 Å². The number of ketones is 1. The van der Waals surface area contributed by atoms with Gasteiger partial charge in [0.15, 0.2) is 11.9 Å². The third kappa shape index (κ3) is 3.80. The highest BCUT2D eigenvalue weighted by Crippen LogP contribution is 2.25. The maximum atomic E-state index is 13.2. The van der Waals surface area contributed by atoms with Crippen molar-refractivity contribution in [1.29, 1.82) is 0 Å². The highest BCUT2D eigenvalue weighted by molar-refractivity contribution is 6.16. The summed E-state index contributed by atoms with van der Waals surface area (Å²) in [4.78, 5) is 17.9. The fourth-order valence-electron chi connectivity index (χ4n) is 3.73. The van der Waals surface area contributed by atoms with Gasteiger partial charge in [0.05, 0.1) is 5.71 Å². The summed E-state index contributed by atoms with van der Waals surface area (Å²) < 4.78 is 18.9. The molecule has 1 aliphatic heterocycles. The van der Waals surface area contributed by atoms with Crippen LogP contribution in [-0.4, -0.2) is 27.9 Å². The number of fused-ring (bicyclic) bond motifs is 1. The van der Waals surface area contributed by atoms with Crippen molar-refractivity contribution in [3.05, 3.63) is 101 Å². The van der Waals surface area contributed by atoms with Crippen molar-refractivity contribution in [3.8, 4) is 11.5 Å². The van der Waals surface area contributed by atoms with E-state index in [-0.39, 0.29) is 29.9 Å². The number of aromatic nitrogens is 2. The van der Waals surface area contributed by atoms with Gasteiger partial charge in [-0.1, -0.05) is 53.6 Å². The van der Waals surface area contributed by atoms with Gasteiger partial charge in [-0.25, -0.2) is 4.39 Å². The number of rotatable bonds is 4. The fraction of sp³-hybridized carbons (Fsp3) is 0.120. The van der Waals surface area contributed by atoms with Gasteiger partial charge in [0, 0.05) is 23.1 Å². The van der Waals surface area contributed by atoms with Gasteiger partial charge in [-0.05, 0) is 42.3 Å². The van der Waals surface area contributed by atoms with Crippen molar-refractivity contribution < 1.29 is 13.6 Å². The zero-order valence-corrected chi connectivity index (χ0v) is 17.2. The second-order valence-electron chi connectivity index (χ2n) is 7.56. The van der Waals surface area contributed by atoms with Gasteiger partial charge in [0.2, 0.25) is 5.89 Å². The van der Waals surface area contributed by atoms with Crippen LogP contribution in [0.2, 0.25) is 0 Å². The molecule has 5 rings (SSSR count). The summed E-state index contributed by atoms with van der Waals surface area (Å²) in [6.45, 7) is 2.02. The second kappa shape index (κ2) is 8.19. The number of carbonyl (C=O) groups is 1. The van der Waals surface area contributed by atoms with E-state index < -0.39 is 6.17 Å². The van der Waals surface area contributed by atoms with Crippen LogP contribution in [0.5, 0.6) is 0 Å². The molecule has 2 heterocycles. The van der Waals surface area contributed by atoms with Crippen LogP contribution >= 0.6 is 0 Å². The molecule has 0 amide bonds. The standard InChI is InChI=1S/C25H19FN4O2/c1-15-6-2-4-8-19(15)22-20-9-5-3-7-17(20)14-21(31)23(27-22)28-25-30-29-24(32-25)16-10-12-18(26)13-11-16/h2-13,23H,14H2,1H3,(H,28,30). The van der Waals surface area contributed by atoms with E-state index in [1.807, 2.05) is 55.5 Å². The SMILES string of the molecule is Cc1ccccc1C1=NC(Nc2nnc(-c3ccc(F)cc3)o2)C(=O)Cc2ccccc21. The van der Waals surface area contributed by atoms with Gasteiger partial charge in [-0.3, -0.25) is 9.79 Å². The largest absolute Gasteiger partial charge is 0.403 e. The Bertz CT molecular complexity index is 1330. The van der Waals surface area contributed by atoms with E-state index >= 15 is 0 Å². The number of benzene rings is 3. The number of aliphatic imine (C=N–C) groups is 1. The summed E-state index contributed by atoms with van der Waals surface area (Å²) >= 11 is 0. The van der Waals surface area contributed by atoms with E-state index in [1.54, 1.807) is 12.1 Å². The number of nitrogens with zero attached hydrogens (tertiary/aromatic N) is 3.